The maximum Gasteiger partial charge on any atom is 0.00671 e. The van der Waals surface area contributed by atoms with Crippen molar-refractivity contribution in [2.45, 2.75) is 71.8 Å². The van der Waals surface area contributed by atoms with E-state index < -0.39 is 0 Å². The van der Waals surface area contributed by atoms with Crippen LogP contribution in [0.25, 0.3) is 0 Å². The second kappa shape index (κ2) is 10.9. The zero-order valence-electron chi connectivity index (χ0n) is 13.7. The number of rotatable bonds is 11. The van der Waals surface area contributed by atoms with Gasteiger partial charge in [-0.05, 0) is 50.1 Å². The number of hydrogen-bond acceptors (Lipinski definition) is 1. The number of nitrogens with one attached hydrogen (secondary N) is 1. The third kappa shape index (κ3) is 8.37. The first-order valence-electron chi connectivity index (χ1n) is 8.49. The lowest BCUT2D eigenvalue weighted by Crippen LogP contribution is -2.30. The van der Waals surface area contributed by atoms with Crippen LogP contribution in [0.15, 0.2) is 30.3 Å². The topological polar surface area (TPSA) is 12.0 Å². The van der Waals surface area contributed by atoms with Crippen molar-refractivity contribution in [1.29, 1.82) is 0 Å². The highest BCUT2D eigenvalue weighted by Gasteiger charge is 2.08. The molecule has 20 heavy (non-hydrogen) atoms. The molecule has 0 saturated carbocycles. The SMILES string of the molecule is CCCNC(CCCc1ccccc1)CCCC(C)C. The monoisotopic (exact) mass is 275 g/mol. The maximum atomic E-state index is 3.73. The third-order valence-corrected chi connectivity index (χ3v) is 3.88. The van der Waals surface area contributed by atoms with Gasteiger partial charge in [0, 0.05) is 6.04 Å². The summed E-state index contributed by atoms with van der Waals surface area (Å²) in [5.74, 6) is 0.839. The summed E-state index contributed by atoms with van der Waals surface area (Å²) in [5.41, 5.74) is 1.48. The van der Waals surface area contributed by atoms with E-state index >= 15 is 0 Å². The van der Waals surface area contributed by atoms with E-state index in [1.165, 1.54) is 50.5 Å². The smallest absolute Gasteiger partial charge is 0.00671 e. The predicted octanol–water partition coefficient (Wildman–Crippen LogP) is 5.20. The van der Waals surface area contributed by atoms with E-state index in [0.717, 1.165) is 18.5 Å². The summed E-state index contributed by atoms with van der Waals surface area (Å²) in [7, 11) is 0. The fraction of sp³-hybridized carbons (Fsp3) is 0.684. The lowest BCUT2D eigenvalue weighted by atomic mass is 9.98. The van der Waals surface area contributed by atoms with Crippen molar-refractivity contribution in [3.63, 3.8) is 0 Å². The average Bonchev–Trinajstić information content (AvgIpc) is 2.45. The van der Waals surface area contributed by atoms with Gasteiger partial charge in [-0.1, -0.05) is 63.9 Å². The molecular formula is C19H33N. The number of benzene rings is 1. The van der Waals surface area contributed by atoms with Crippen LogP contribution in [0.3, 0.4) is 0 Å². The highest BCUT2D eigenvalue weighted by molar-refractivity contribution is 5.14. The van der Waals surface area contributed by atoms with Crippen LogP contribution in [-0.4, -0.2) is 12.6 Å². The Bertz CT molecular complexity index is 318. The minimum absolute atomic E-state index is 0.720. The second-order valence-corrected chi connectivity index (χ2v) is 6.35. The van der Waals surface area contributed by atoms with Gasteiger partial charge in [0.15, 0.2) is 0 Å². The summed E-state index contributed by atoms with van der Waals surface area (Å²) < 4.78 is 0. The molecule has 1 heteroatoms. The first-order valence-corrected chi connectivity index (χ1v) is 8.49. The third-order valence-electron chi connectivity index (χ3n) is 3.88. The van der Waals surface area contributed by atoms with Crippen molar-refractivity contribution in [2.24, 2.45) is 5.92 Å². The fourth-order valence-corrected chi connectivity index (χ4v) is 2.67. The normalized spacial score (nSPS) is 12.8. The van der Waals surface area contributed by atoms with Gasteiger partial charge >= 0.3 is 0 Å². The Labute approximate surface area is 126 Å². The summed E-state index contributed by atoms with van der Waals surface area (Å²) in [6, 6.07) is 11.6. The average molecular weight is 275 g/mol. The molecule has 0 radical (unpaired) electrons. The largest absolute Gasteiger partial charge is 0.314 e. The minimum Gasteiger partial charge on any atom is -0.314 e. The van der Waals surface area contributed by atoms with Gasteiger partial charge in [0.05, 0.1) is 0 Å². The molecule has 1 rings (SSSR count). The van der Waals surface area contributed by atoms with Gasteiger partial charge < -0.3 is 5.32 Å². The molecule has 0 aromatic heterocycles. The zero-order valence-corrected chi connectivity index (χ0v) is 13.7. The lowest BCUT2D eigenvalue weighted by Gasteiger charge is -2.19. The molecule has 0 aliphatic rings. The highest BCUT2D eigenvalue weighted by Crippen LogP contribution is 2.13. The Morgan fingerprint density at radius 3 is 2.30 bits per heavy atom. The second-order valence-electron chi connectivity index (χ2n) is 6.35. The van der Waals surface area contributed by atoms with Crippen molar-refractivity contribution in [1.82, 2.24) is 5.32 Å². The van der Waals surface area contributed by atoms with Crippen LogP contribution in [0.5, 0.6) is 0 Å². The van der Waals surface area contributed by atoms with E-state index in [4.69, 9.17) is 0 Å². The standard InChI is InChI=1S/C19H33N/c1-4-16-20-19(14-8-10-17(2)3)15-9-13-18-11-6-5-7-12-18/h5-7,11-12,17,19-20H,4,8-10,13-16H2,1-3H3. The summed E-state index contributed by atoms with van der Waals surface area (Å²) in [6.07, 6.45) is 9.13. The van der Waals surface area contributed by atoms with Crippen LogP contribution in [0.4, 0.5) is 0 Å². The molecule has 0 bridgehead atoms. The van der Waals surface area contributed by atoms with E-state index in [9.17, 15) is 0 Å². The van der Waals surface area contributed by atoms with E-state index in [1.54, 1.807) is 0 Å². The molecule has 0 amide bonds. The molecule has 1 N–H and O–H groups in total. The van der Waals surface area contributed by atoms with Crippen LogP contribution < -0.4 is 5.32 Å². The summed E-state index contributed by atoms with van der Waals surface area (Å²) in [4.78, 5) is 0. The van der Waals surface area contributed by atoms with Crippen molar-refractivity contribution >= 4 is 0 Å². The highest BCUT2D eigenvalue weighted by atomic mass is 14.9. The molecule has 1 aromatic carbocycles. The van der Waals surface area contributed by atoms with Gasteiger partial charge in [-0.3, -0.25) is 0 Å². The van der Waals surface area contributed by atoms with Crippen LogP contribution in [0.1, 0.15) is 64.9 Å². The Balaban J connectivity index is 2.24. The molecule has 114 valence electrons. The van der Waals surface area contributed by atoms with Gasteiger partial charge in [-0.15, -0.1) is 0 Å². The van der Waals surface area contributed by atoms with E-state index in [2.05, 4.69) is 56.4 Å². The molecule has 1 aromatic rings. The van der Waals surface area contributed by atoms with Crippen molar-refractivity contribution in [3.05, 3.63) is 35.9 Å². The van der Waals surface area contributed by atoms with E-state index in [-0.39, 0.29) is 0 Å². The Morgan fingerprint density at radius 2 is 1.65 bits per heavy atom. The van der Waals surface area contributed by atoms with Gasteiger partial charge in [-0.25, -0.2) is 0 Å². The van der Waals surface area contributed by atoms with Crippen molar-refractivity contribution in [3.8, 4) is 0 Å². The molecule has 0 heterocycles. The van der Waals surface area contributed by atoms with Crippen molar-refractivity contribution < 1.29 is 0 Å². The molecule has 1 nitrogen and oxygen atoms in total. The first-order chi connectivity index (χ1) is 9.72. The number of aryl methyl sites for hydroxylation is 1. The van der Waals surface area contributed by atoms with E-state index in [0.29, 0.717) is 0 Å². The van der Waals surface area contributed by atoms with Gasteiger partial charge in [-0.2, -0.15) is 0 Å². The van der Waals surface area contributed by atoms with Crippen LogP contribution in [0.2, 0.25) is 0 Å². The van der Waals surface area contributed by atoms with E-state index in [1.807, 2.05) is 0 Å². The molecule has 1 atom stereocenters. The zero-order chi connectivity index (χ0) is 14.6. The van der Waals surface area contributed by atoms with Gasteiger partial charge in [0.1, 0.15) is 0 Å². The van der Waals surface area contributed by atoms with Crippen LogP contribution in [0, 0.1) is 5.92 Å². The maximum absolute atomic E-state index is 3.73. The molecule has 1 unspecified atom stereocenters. The van der Waals surface area contributed by atoms with Crippen molar-refractivity contribution in [2.75, 3.05) is 6.54 Å². The molecule has 0 aliphatic heterocycles. The Morgan fingerprint density at radius 1 is 0.950 bits per heavy atom. The molecule has 0 aliphatic carbocycles. The quantitative estimate of drug-likeness (QED) is 0.585. The van der Waals surface area contributed by atoms with Crippen LogP contribution >= 0.6 is 0 Å². The first kappa shape index (κ1) is 17.2. The summed E-state index contributed by atoms with van der Waals surface area (Å²) in [6.45, 7) is 8.06. The lowest BCUT2D eigenvalue weighted by molar-refractivity contribution is 0.410. The van der Waals surface area contributed by atoms with Crippen LogP contribution in [-0.2, 0) is 6.42 Å². The van der Waals surface area contributed by atoms with Gasteiger partial charge in [0.2, 0.25) is 0 Å². The summed E-state index contributed by atoms with van der Waals surface area (Å²) in [5, 5.41) is 3.73. The molecular weight excluding hydrogens is 242 g/mol. The minimum atomic E-state index is 0.720. The predicted molar refractivity (Wildman–Crippen MR) is 90.2 cm³/mol. The van der Waals surface area contributed by atoms with Gasteiger partial charge in [0.25, 0.3) is 0 Å². The number of hydrogen-bond donors (Lipinski definition) is 1. The Kier molecular flexibility index (Phi) is 9.40. The molecule has 0 fully saturated rings. The summed E-state index contributed by atoms with van der Waals surface area (Å²) >= 11 is 0. The molecule has 0 saturated heterocycles. The molecule has 0 spiro atoms. The Hall–Kier alpha value is -0.820. The fourth-order valence-electron chi connectivity index (χ4n) is 2.67.